The highest BCUT2D eigenvalue weighted by Gasteiger charge is 2.35. The van der Waals surface area contributed by atoms with Gasteiger partial charge >= 0.3 is 6.18 Å². The van der Waals surface area contributed by atoms with Crippen molar-refractivity contribution in [2.75, 3.05) is 0 Å². The smallest absolute Gasteiger partial charge is 0.324 e. The molecule has 1 unspecified atom stereocenters. The average molecular weight is 277 g/mol. The molecule has 0 radical (unpaired) electrons. The van der Waals surface area contributed by atoms with Crippen LogP contribution in [0.15, 0.2) is 18.2 Å². The first-order valence-electron chi connectivity index (χ1n) is 6.34. The van der Waals surface area contributed by atoms with Crippen LogP contribution in [-0.2, 0) is 6.18 Å². The lowest BCUT2D eigenvalue weighted by atomic mass is 9.97. The zero-order valence-corrected chi connectivity index (χ0v) is 11.1. The maximum atomic E-state index is 13.8. The lowest BCUT2D eigenvalue weighted by molar-refractivity contribution is -0.140. The Kier molecular flexibility index (Phi) is 5.35. The summed E-state index contributed by atoms with van der Waals surface area (Å²) in [5, 5.41) is 0. The maximum absolute atomic E-state index is 13.8. The maximum Gasteiger partial charge on any atom is 0.419 e. The second-order valence-electron chi connectivity index (χ2n) is 5.14. The molecule has 1 aromatic rings. The molecule has 0 saturated heterocycles. The predicted octanol–water partition coefficient (Wildman–Crippen LogP) is 4.67. The van der Waals surface area contributed by atoms with Crippen molar-refractivity contribution in [2.45, 2.75) is 45.3 Å². The molecule has 2 N–H and O–H groups in total. The van der Waals surface area contributed by atoms with Crippen molar-refractivity contribution >= 4 is 0 Å². The van der Waals surface area contributed by atoms with Crippen molar-refractivity contribution < 1.29 is 17.6 Å². The molecule has 5 heteroatoms. The van der Waals surface area contributed by atoms with E-state index in [-0.39, 0.29) is 5.56 Å². The zero-order valence-electron chi connectivity index (χ0n) is 11.1. The van der Waals surface area contributed by atoms with Gasteiger partial charge in [0.2, 0.25) is 0 Å². The highest BCUT2D eigenvalue weighted by Crippen LogP contribution is 2.34. The summed E-state index contributed by atoms with van der Waals surface area (Å²) >= 11 is 0. The van der Waals surface area contributed by atoms with E-state index in [9.17, 15) is 17.6 Å². The Morgan fingerprint density at radius 3 is 2.32 bits per heavy atom. The Morgan fingerprint density at radius 2 is 1.79 bits per heavy atom. The first kappa shape index (κ1) is 16.0. The molecule has 0 heterocycles. The number of benzene rings is 1. The summed E-state index contributed by atoms with van der Waals surface area (Å²) in [7, 11) is 0. The first-order valence-corrected chi connectivity index (χ1v) is 6.34. The minimum Gasteiger partial charge on any atom is -0.324 e. The van der Waals surface area contributed by atoms with Gasteiger partial charge in [0.25, 0.3) is 0 Å². The standard InChI is InChI=1S/C14H19F4N/c1-9(2)5-3-8-12(19)10-6-4-7-11(13(10)15)14(16,17)18/h4,6-7,9,12H,3,5,8,19H2,1-2H3. The third-order valence-corrected chi connectivity index (χ3v) is 3.03. The second kappa shape index (κ2) is 6.37. The molecule has 0 fully saturated rings. The minimum absolute atomic E-state index is 0.0569. The Morgan fingerprint density at radius 1 is 1.16 bits per heavy atom. The van der Waals surface area contributed by atoms with E-state index in [0.717, 1.165) is 18.9 Å². The van der Waals surface area contributed by atoms with E-state index in [1.54, 1.807) is 0 Å². The minimum atomic E-state index is -4.68. The van der Waals surface area contributed by atoms with E-state index in [1.807, 2.05) is 0 Å². The summed E-state index contributed by atoms with van der Waals surface area (Å²) in [5.41, 5.74) is 4.48. The number of hydrogen-bond donors (Lipinski definition) is 1. The van der Waals surface area contributed by atoms with E-state index in [0.29, 0.717) is 12.3 Å². The van der Waals surface area contributed by atoms with Crippen LogP contribution in [0.1, 0.15) is 50.3 Å². The number of alkyl halides is 3. The van der Waals surface area contributed by atoms with Crippen LogP contribution in [0.2, 0.25) is 0 Å². The summed E-state index contributed by atoms with van der Waals surface area (Å²) in [6, 6.07) is 2.56. The molecule has 0 amide bonds. The van der Waals surface area contributed by atoms with Crippen LogP contribution < -0.4 is 5.73 Å². The SMILES string of the molecule is CC(C)CCCC(N)c1cccc(C(F)(F)F)c1F. The van der Waals surface area contributed by atoms with Crippen LogP contribution in [0.4, 0.5) is 17.6 Å². The third kappa shape index (κ3) is 4.49. The van der Waals surface area contributed by atoms with Crippen LogP contribution in [0.3, 0.4) is 0 Å². The number of nitrogens with two attached hydrogens (primary N) is 1. The molecule has 0 saturated carbocycles. The van der Waals surface area contributed by atoms with Crippen LogP contribution in [0.25, 0.3) is 0 Å². The fraction of sp³-hybridized carbons (Fsp3) is 0.571. The monoisotopic (exact) mass is 277 g/mol. The highest BCUT2D eigenvalue weighted by atomic mass is 19.4. The van der Waals surface area contributed by atoms with Gasteiger partial charge in [0, 0.05) is 11.6 Å². The molecule has 1 nitrogen and oxygen atoms in total. The van der Waals surface area contributed by atoms with Crippen molar-refractivity contribution in [3.8, 4) is 0 Å². The fourth-order valence-electron chi connectivity index (χ4n) is 1.96. The van der Waals surface area contributed by atoms with Gasteiger partial charge in [-0.05, 0) is 18.4 Å². The molecular weight excluding hydrogens is 258 g/mol. The molecular formula is C14H19F4N. The normalized spacial score (nSPS) is 13.9. The molecule has 0 aliphatic carbocycles. The molecule has 1 atom stereocenters. The first-order chi connectivity index (χ1) is 8.73. The van der Waals surface area contributed by atoms with E-state index >= 15 is 0 Å². The van der Waals surface area contributed by atoms with Crippen molar-refractivity contribution in [3.05, 3.63) is 35.1 Å². The summed E-state index contributed by atoms with van der Waals surface area (Å²) in [4.78, 5) is 0. The number of rotatable bonds is 5. The van der Waals surface area contributed by atoms with Crippen molar-refractivity contribution in [1.29, 1.82) is 0 Å². The van der Waals surface area contributed by atoms with Crippen LogP contribution in [0.5, 0.6) is 0 Å². The van der Waals surface area contributed by atoms with Crippen LogP contribution in [-0.4, -0.2) is 0 Å². The predicted molar refractivity (Wildman–Crippen MR) is 67.0 cm³/mol. The average Bonchev–Trinajstić information content (AvgIpc) is 2.26. The van der Waals surface area contributed by atoms with Crippen LogP contribution >= 0.6 is 0 Å². The molecule has 1 aromatic carbocycles. The van der Waals surface area contributed by atoms with Gasteiger partial charge in [0.15, 0.2) is 0 Å². The summed E-state index contributed by atoms with van der Waals surface area (Å²) < 4.78 is 51.5. The zero-order chi connectivity index (χ0) is 14.6. The molecule has 0 aromatic heterocycles. The molecule has 0 spiro atoms. The lowest BCUT2D eigenvalue weighted by Gasteiger charge is -2.16. The summed E-state index contributed by atoms with van der Waals surface area (Å²) in [5.74, 6) is -0.745. The molecule has 19 heavy (non-hydrogen) atoms. The Hall–Kier alpha value is -1.10. The van der Waals surface area contributed by atoms with Crippen molar-refractivity contribution in [2.24, 2.45) is 11.7 Å². The van der Waals surface area contributed by atoms with Gasteiger partial charge in [-0.2, -0.15) is 13.2 Å². The van der Waals surface area contributed by atoms with Gasteiger partial charge in [-0.3, -0.25) is 0 Å². The molecule has 0 aliphatic heterocycles. The second-order valence-corrected chi connectivity index (χ2v) is 5.14. The van der Waals surface area contributed by atoms with Crippen molar-refractivity contribution in [3.63, 3.8) is 0 Å². The summed E-state index contributed by atoms with van der Waals surface area (Å²) in [6.45, 7) is 4.10. The Balaban J connectivity index is 2.83. The lowest BCUT2D eigenvalue weighted by Crippen LogP contribution is -2.16. The van der Waals surface area contributed by atoms with E-state index in [2.05, 4.69) is 13.8 Å². The summed E-state index contributed by atoms with van der Waals surface area (Å²) in [6.07, 6.45) is -2.50. The van der Waals surface area contributed by atoms with Gasteiger partial charge < -0.3 is 5.73 Å². The number of hydrogen-bond acceptors (Lipinski definition) is 1. The van der Waals surface area contributed by atoms with Crippen LogP contribution in [0, 0.1) is 11.7 Å². The topological polar surface area (TPSA) is 26.0 Å². The molecule has 1 rings (SSSR count). The van der Waals surface area contributed by atoms with Crippen molar-refractivity contribution in [1.82, 2.24) is 0 Å². The van der Waals surface area contributed by atoms with Gasteiger partial charge in [0.05, 0.1) is 5.56 Å². The van der Waals surface area contributed by atoms with Gasteiger partial charge in [-0.1, -0.05) is 38.8 Å². The Bertz CT molecular complexity index is 412. The van der Waals surface area contributed by atoms with E-state index < -0.39 is 23.6 Å². The van der Waals surface area contributed by atoms with E-state index in [1.165, 1.54) is 12.1 Å². The third-order valence-electron chi connectivity index (χ3n) is 3.03. The molecule has 108 valence electrons. The highest BCUT2D eigenvalue weighted by molar-refractivity contribution is 5.30. The van der Waals surface area contributed by atoms with Gasteiger partial charge in [-0.25, -0.2) is 4.39 Å². The molecule has 0 aliphatic rings. The van der Waals surface area contributed by atoms with Gasteiger partial charge in [-0.15, -0.1) is 0 Å². The van der Waals surface area contributed by atoms with E-state index in [4.69, 9.17) is 5.73 Å². The largest absolute Gasteiger partial charge is 0.419 e. The molecule has 0 bridgehead atoms. The number of halogens is 4. The quantitative estimate of drug-likeness (QED) is 0.777. The fourth-order valence-corrected chi connectivity index (χ4v) is 1.96. The Labute approximate surface area is 110 Å². The van der Waals surface area contributed by atoms with Gasteiger partial charge in [0.1, 0.15) is 5.82 Å².